The van der Waals surface area contributed by atoms with E-state index in [-0.39, 0.29) is 0 Å². The monoisotopic (exact) mass is 335 g/mol. The zero-order valence-corrected chi connectivity index (χ0v) is 14.8. The molecule has 0 aliphatic carbocycles. The summed E-state index contributed by atoms with van der Waals surface area (Å²) in [6.45, 7) is 4.87. The third kappa shape index (κ3) is 3.59. The standard InChI is InChI=1S/C21H25N3O/c1-16-6-5-9-18(22-16)13-23-14-19-12-20(15-23)24(19)21(25)11-10-17-7-3-2-4-8-17/h2-9,19-20H,10-15H2,1H3. The molecular weight excluding hydrogens is 310 g/mol. The lowest BCUT2D eigenvalue weighted by Crippen LogP contribution is -2.69. The Labute approximate surface area is 149 Å². The molecule has 130 valence electrons. The molecule has 2 aromatic rings. The molecule has 25 heavy (non-hydrogen) atoms. The Morgan fingerprint density at radius 3 is 2.56 bits per heavy atom. The van der Waals surface area contributed by atoms with Gasteiger partial charge in [-0.1, -0.05) is 36.4 Å². The van der Waals surface area contributed by atoms with Crippen molar-refractivity contribution in [2.45, 2.75) is 44.8 Å². The molecule has 1 aromatic carbocycles. The van der Waals surface area contributed by atoms with Crippen molar-refractivity contribution in [3.05, 3.63) is 65.5 Å². The molecule has 0 N–H and O–H groups in total. The fourth-order valence-corrected chi connectivity index (χ4v) is 4.18. The summed E-state index contributed by atoms with van der Waals surface area (Å²) in [6.07, 6.45) is 2.62. The third-order valence-corrected chi connectivity index (χ3v) is 5.36. The van der Waals surface area contributed by atoms with Crippen molar-refractivity contribution in [3.8, 4) is 0 Å². The van der Waals surface area contributed by atoms with Crippen molar-refractivity contribution >= 4 is 5.91 Å². The van der Waals surface area contributed by atoms with E-state index in [4.69, 9.17) is 0 Å². The number of hydrogen-bond donors (Lipinski definition) is 0. The smallest absolute Gasteiger partial charge is 0.223 e. The van der Waals surface area contributed by atoms with Gasteiger partial charge in [-0.25, -0.2) is 0 Å². The highest BCUT2D eigenvalue weighted by Gasteiger charge is 2.46. The molecule has 3 aliphatic heterocycles. The van der Waals surface area contributed by atoms with Gasteiger partial charge in [0.1, 0.15) is 0 Å². The average Bonchev–Trinajstić information content (AvgIpc) is 2.61. The summed E-state index contributed by atoms with van der Waals surface area (Å²) in [7, 11) is 0. The molecule has 0 spiro atoms. The van der Waals surface area contributed by atoms with Gasteiger partial charge in [0.2, 0.25) is 5.91 Å². The summed E-state index contributed by atoms with van der Waals surface area (Å²) in [4.78, 5) is 21.8. The van der Waals surface area contributed by atoms with E-state index in [1.807, 2.05) is 31.2 Å². The molecule has 2 unspecified atom stereocenters. The molecular formula is C21H25N3O. The maximum Gasteiger partial charge on any atom is 0.223 e. The number of amides is 1. The van der Waals surface area contributed by atoms with Crippen LogP contribution in [0.4, 0.5) is 0 Å². The van der Waals surface area contributed by atoms with Gasteiger partial charge >= 0.3 is 0 Å². The molecule has 0 saturated carbocycles. The van der Waals surface area contributed by atoms with E-state index < -0.39 is 0 Å². The second-order valence-corrected chi connectivity index (χ2v) is 7.29. The van der Waals surface area contributed by atoms with Gasteiger partial charge in [-0.2, -0.15) is 0 Å². The molecule has 1 aromatic heterocycles. The van der Waals surface area contributed by atoms with E-state index in [1.165, 1.54) is 5.56 Å². The maximum atomic E-state index is 12.6. The molecule has 3 saturated heterocycles. The van der Waals surface area contributed by atoms with E-state index in [9.17, 15) is 4.79 Å². The summed E-state index contributed by atoms with van der Waals surface area (Å²) in [6, 6.07) is 17.3. The van der Waals surface area contributed by atoms with Gasteiger partial charge in [-0.3, -0.25) is 14.7 Å². The van der Waals surface area contributed by atoms with Gasteiger partial charge in [0.15, 0.2) is 0 Å². The predicted molar refractivity (Wildman–Crippen MR) is 98.1 cm³/mol. The molecule has 1 amide bonds. The topological polar surface area (TPSA) is 36.4 Å². The van der Waals surface area contributed by atoms with Gasteiger partial charge in [0.25, 0.3) is 0 Å². The number of benzene rings is 1. The van der Waals surface area contributed by atoms with Crippen molar-refractivity contribution < 1.29 is 4.79 Å². The maximum absolute atomic E-state index is 12.6. The van der Waals surface area contributed by atoms with Crippen molar-refractivity contribution in [1.29, 1.82) is 0 Å². The first-order valence-electron chi connectivity index (χ1n) is 9.19. The van der Waals surface area contributed by atoms with Gasteiger partial charge < -0.3 is 4.90 Å². The summed E-state index contributed by atoms with van der Waals surface area (Å²) in [5, 5.41) is 0. The largest absolute Gasteiger partial charge is 0.334 e. The van der Waals surface area contributed by atoms with Gasteiger partial charge in [0, 0.05) is 43.8 Å². The van der Waals surface area contributed by atoms with E-state index >= 15 is 0 Å². The lowest BCUT2D eigenvalue weighted by Gasteiger charge is -2.56. The number of pyridine rings is 1. The van der Waals surface area contributed by atoms with Crippen LogP contribution in [0.1, 0.15) is 29.8 Å². The van der Waals surface area contributed by atoms with Crippen LogP contribution in [0.2, 0.25) is 0 Å². The fraction of sp³-hybridized carbons (Fsp3) is 0.429. The second-order valence-electron chi connectivity index (χ2n) is 7.29. The normalized spacial score (nSPS) is 22.5. The summed E-state index contributed by atoms with van der Waals surface area (Å²) >= 11 is 0. The Balaban J connectivity index is 1.30. The van der Waals surface area contributed by atoms with Gasteiger partial charge in [0.05, 0.1) is 5.69 Å². The molecule has 2 atom stereocenters. The lowest BCUT2D eigenvalue weighted by molar-refractivity contribution is -0.154. The molecule has 4 heteroatoms. The number of nitrogens with zero attached hydrogens (tertiary/aromatic N) is 3. The van der Waals surface area contributed by atoms with Gasteiger partial charge in [-0.05, 0) is 37.5 Å². The lowest BCUT2D eigenvalue weighted by atomic mass is 9.86. The number of hydrogen-bond acceptors (Lipinski definition) is 3. The number of carbonyl (C=O) groups excluding carboxylic acids is 1. The Bertz CT molecular complexity index is 734. The van der Waals surface area contributed by atoms with Crippen molar-refractivity contribution in [3.63, 3.8) is 0 Å². The number of rotatable bonds is 5. The van der Waals surface area contributed by atoms with Crippen LogP contribution in [0.3, 0.4) is 0 Å². The summed E-state index contributed by atoms with van der Waals surface area (Å²) in [5.41, 5.74) is 3.44. The Hall–Kier alpha value is -2.20. The number of piperazine rings is 1. The summed E-state index contributed by atoms with van der Waals surface area (Å²) in [5.74, 6) is 0.318. The molecule has 4 heterocycles. The molecule has 0 radical (unpaired) electrons. The minimum Gasteiger partial charge on any atom is -0.334 e. The van der Waals surface area contributed by atoms with E-state index in [0.717, 1.165) is 43.9 Å². The first-order valence-corrected chi connectivity index (χ1v) is 9.19. The molecule has 5 rings (SSSR count). The van der Waals surface area contributed by atoms with Crippen molar-refractivity contribution in [2.75, 3.05) is 13.1 Å². The number of carbonyl (C=O) groups is 1. The highest BCUT2D eigenvalue weighted by molar-refractivity contribution is 5.78. The second kappa shape index (κ2) is 6.96. The third-order valence-electron chi connectivity index (χ3n) is 5.36. The fourth-order valence-electron chi connectivity index (χ4n) is 4.18. The summed E-state index contributed by atoms with van der Waals surface area (Å²) < 4.78 is 0. The molecule has 4 nitrogen and oxygen atoms in total. The average molecular weight is 335 g/mol. The van der Waals surface area contributed by atoms with Crippen LogP contribution >= 0.6 is 0 Å². The predicted octanol–water partition coefficient (Wildman–Crippen LogP) is 2.81. The zero-order valence-electron chi connectivity index (χ0n) is 14.8. The minimum atomic E-state index is 0.318. The van der Waals surface area contributed by atoms with Gasteiger partial charge in [-0.15, -0.1) is 0 Å². The van der Waals surface area contributed by atoms with Crippen LogP contribution in [0, 0.1) is 6.92 Å². The highest BCUT2D eigenvalue weighted by Crippen LogP contribution is 2.33. The zero-order chi connectivity index (χ0) is 17.2. The Morgan fingerprint density at radius 2 is 1.84 bits per heavy atom. The molecule has 3 fully saturated rings. The van der Waals surface area contributed by atoms with E-state index in [2.05, 4.69) is 39.0 Å². The number of piperidine rings is 1. The van der Waals surface area contributed by atoms with Crippen LogP contribution in [0.15, 0.2) is 48.5 Å². The SMILES string of the molecule is Cc1cccc(CN2CC3CC(C2)N3C(=O)CCc2ccccc2)n1. The van der Waals surface area contributed by atoms with Crippen molar-refractivity contribution in [2.24, 2.45) is 0 Å². The van der Waals surface area contributed by atoms with E-state index in [0.29, 0.717) is 24.4 Å². The first-order chi connectivity index (χ1) is 12.2. The Kier molecular flexibility index (Phi) is 4.53. The highest BCUT2D eigenvalue weighted by atomic mass is 16.2. The van der Waals surface area contributed by atoms with Crippen molar-refractivity contribution in [1.82, 2.24) is 14.8 Å². The van der Waals surface area contributed by atoms with Crippen LogP contribution in [0.25, 0.3) is 0 Å². The van der Waals surface area contributed by atoms with E-state index in [1.54, 1.807) is 0 Å². The number of fused-ring (bicyclic) bond motifs is 2. The number of aryl methyl sites for hydroxylation is 2. The molecule has 2 bridgehead atoms. The number of aromatic nitrogens is 1. The molecule has 3 aliphatic rings. The quantitative estimate of drug-likeness (QED) is 0.843. The minimum absolute atomic E-state index is 0.318. The van der Waals surface area contributed by atoms with Crippen LogP contribution in [-0.4, -0.2) is 45.9 Å². The Morgan fingerprint density at radius 1 is 1.08 bits per heavy atom. The van der Waals surface area contributed by atoms with Crippen LogP contribution < -0.4 is 0 Å². The first kappa shape index (κ1) is 16.3. The van der Waals surface area contributed by atoms with Crippen LogP contribution in [-0.2, 0) is 17.8 Å². The van der Waals surface area contributed by atoms with Crippen LogP contribution in [0.5, 0.6) is 0 Å².